The van der Waals surface area contributed by atoms with Gasteiger partial charge in [0.05, 0.1) is 23.0 Å². The molecule has 1 N–H and O–H groups in total. The fraction of sp³-hybridized carbons (Fsp3) is 0.222. The van der Waals surface area contributed by atoms with Gasteiger partial charge in [0.1, 0.15) is 0 Å². The van der Waals surface area contributed by atoms with Gasteiger partial charge in [0.15, 0.2) is 11.0 Å². The van der Waals surface area contributed by atoms with E-state index in [9.17, 15) is 8.42 Å². The first-order valence-electron chi connectivity index (χ1n) is 8.43. The molecule has 148 valence electrons. The van der Waals surface area contributed by atoms with Crippen molar-refractivity contribution in [3.8, 4) is 5.69 Å². The van der Waals surface area contributed by atoms with E-state index in [0.29, 0.717) is 32.5 Å². The minimum absolute atomic E-state index is 0.00207. The molecular weight excluding hydrogens is 439 g/mol. The summed E-state index contributed by atoms with van der Waals surface area (Å²) < 4.78 is 27.9. The number of hydrogen-bond acceptors (Lipinski definition) is 5. The molecule has 28 heavy (non-hydrogen) atoms. The maximum atomic E-state index is 11.8. The molecule has 0 atom stereocenters. The molecule has 0 spiro atoms. The summed E-state index contributed by atoms with van der Waals surface area (Å²) in [7, 11) is -3.38. The van der Waals surface area contributed by atoms with Crippen LogP contribution in [0.4, 0.5) is 0 Å². The lowest BCUT2D eigenvalue weighted by molar-refractivity contribution is 0.579. The van der Waals surface area contributed by atoms with E-state index in [-0.39, 0.29) is 12.3 Å². The molecule has 1 heterocycles. The second-order valence-electron chi connectivity index (χ2n) is 5.83. The lowest BCUT2D eigenvalue weighted by Crippen LogP contribution is -2.26. The van der Waals surface area contributed by atoms with E-state index >= 15 is 0 Å². The van der Waals surface area contributed by atoms with Gasteiger partial charge in [-0.2, -0.15) is 0 Å². The molecule has 0 aliphatic rings. The van der Waals surface area contributed by atoms with Crippen LogP contribution in [-0.4, -0.2) is 28.9 Å². The Labute approximate surface area is 178 Å². The van der Waals surface area contributed by atoms with Crippen LogP contribution >= 0.6 is 35.0 Å². The van der Waals surface area contributed by atoms with Crippen LogP contribution in [0.15, 0.2) is 53.7 Å². The zero-order chi connectivity index (χ0) is 20.1. The van der Waals surface area contributed by atoms with Gasteiger partial charge in [-0.15, -0.1) is 10.2 Å². The number of aromatic nitrogens is 3. The first-order chi connectivity index (χ1) is 13.4. The minimum atomic E-state index is -3.38. The van der Waals surface area contributed by atoms with Crippen LogP contribution < -0.4 is 4.72 Å². The Morgan fingerprint density at radius 3 is 2.57 bits per heavy atom. The highest BCUT2D eigenvalue weighted by atomic mass is 35.5. The molecule has 3 aromatic rings. The van der Waals surface area contributed by atoms with Crippen molar-refractivity contribution in [3.05, 3.63) is 70.0 Å². The maximum Gasteiger partial charge on any atom is 0.211 e. The monoisotopic (exact) mass is 456 g/mol. The van der Waals surface area contributed by atoms with Gasteiger partial charge in [0.2, 0.25) is 10.0 Å². The largest absolute Gasteiger partial charge is 0.271 e. The zero-order valence-electron chi connectivity index (χ0n) is 15.0. The maximum absolute atomic E-state index is 11.8. The van der Waals surface area contributed by atoms with Gasteiger partial charge in [0.25, 0.3) is 0 Å². The van der Waals surface area contributed by atoms with Crippen molar-refractivity contribution in [1.29, 1.82) is 0 Å². The molecule has 3 rings (SSSR count). The summed E-state index contributed by atoms with van der Waals surface area (Å²) >= 11 is 14.0. The molecule has 10 heteroatoms. The van der Waals surface area contributed by atoms with Gasteiger partial charge < -0.3 is 0 Å². The van der Waals surface area contributed by atoms with Crippen LogP contribution in [0.2, 0.25) is 10.0 Å². The molecular formula is C18H18Cl2N4O2S2. The molecule has 6 nitrogen and oxygen atoms in total. The Balaban J connectivity index is 1.96. The summed E-state index contributed by atoms with van der Waals surface area (Å²) in [5.74, 6) is 1.09. The topological polar surface area (TPSA) is 76.9 Å². The summed E-state index contributed by atoms with van der Waals surface area (Å²) in [6, 6.07) is 15.0. The van der Waals surface area contributed by atoms with Crippen molar-refractivity contribution in [1.82, 2.24) is 19.5 Å². The number of halogens is 2. The van der Waals surface area contributed by atoms with Crippen LogP contribution in [0.5, 0.6) is 0 Å². The highest BCUT2D eigenvalue weighted by molar-refractivity contribution is 7.98. The molecule has 0 radical (unpaired) electrons. The Kier molecular flexibility index (Phi) is 7.00. The molecule has 0 amide bonds. The molecule has 0 fully saturated rings. The summed E-state index contributed by atoms with van der Waals surface area (Å²) in [4.78, 5) is 0. The molecule has 0 aliphatic heterocycles. The van der Waals surface area contributed by atoms with Crippen molar-refractivity contribution < 1.29 is 8.42 Å². The third-order valence-electron chi connectivity index (χ3n) is 3.89. The van der Waals surface area contributed by atoms with Crippen molar-refractivity contribution in [3.63, 3.8) is 0 Å². The Morgan fingerprint density at radius 1 is 1.11 bits per heavy atom. The highest BCUT2D eigenvalue weighted by Gasteiger charge is 2.19. The number of nitrogens with zero attached hydrogens (tertiary/aromatic N) is 3. The second-order valence-corrected chi connectivity index (χ2v) is 9.71. The molecule has 0 saturated heterocycles. The molecule has 0 aliphatic carbocycles. The average Bonchev–Trinajstić information content (AvgIpc) is 3.10. The van der Waals surface area contributed by atoms with E-state index in [1.54, 1.807) is 29.7 Å². The number of nitrogens with one attached hydrogen (secondary N) is 1. The zero-order valence-corrected chi connectivity index (χ0v) is 18.1. The second kappa shape index (κ2) is 9.28. The SMILES string of the molecule is CCS(=O)(=O)NCc1nnc(SCc2ccccc2)n1-c1cc(Cl)ccc1Cl. The number of rotatable bonds is 8. The number of thioether (sulfide) groups is 1. The van der Waals surface area contributed by atoms with Gasteiger partial charge in [-0.3, -0.25) is 4.57 Å². The van der Waals surface area contributed by atoms with Crippen LogP contribution in [0.1, 0.15) is 18.3 Å². The number of hydrogen-bond donors (Lipinski definition) is 1. The van der Waals surface area contributed by atoms with Crippen molar-refractivity contribution in [2.45, 2.75) is 24.4 Å². The van der Waals surface area contributed by atoms with Crippen LogP contribution in [0.3, 0.4) is 0 Å². The van der Waals surface area contributed by atoms with E-state index in [4.69, 9.17) is 23.2 Å². The first-order valence-corrected chi connectivity index (χ1v) is 11.8. The first kappa shape index (κ1) is 21.1. The van der Waals surface area contributed by atoms with Gasteiger partial charge in [0, 0.05) is 10.8 Å². The predicted molar refractivity (Wildman–Crippen MR) is 114 cm³/mol. The molecule has 0 unspecified atom stereocenters. The van der Waals surface area contributed by atoms with Crippen molar-refractivity contribution in [2.75, 3.05) is 5.75 Å². The number of sulfonamides is 1. The summed E-state index contributed by atoms with van der Waals surface area (Å²) in [5.41, 5.74) is 1.73. The smallest absolute Gasteiger partial charge is 0.211 e. The highest BCUT2D eigenvalue weighted by Crippen LogP contribution is 2.30. The molecule has 0 saturated carbocycles. The van der Waals surface area contributed by atoms with E-state index < -0.39 is 10.0 Å². The Hall–Kier alpha value is -1.58. The van der Waals surface area contributed by atoms with Crippen LogP contribution in [0, 0.1) is 0 Å². The summed E-state index contributed by atoms with van der Waals surface area (Å²) in [6.45, 7) is 1.57. The molecule has 1 aromatic heterocycles. The minimum Gasteiger partial charge on any atom is -0.271 e. The van der Waals surface area contributed by atoms with Crippen molar-refractivity contribution in [2.24, 2.45) is 0 Å². The lowest BCUT2D eigenvalue weighted by Gasteiger charge is -2.13. The number of benzene rings is 2. The fourth-order valence-corrected chi connectivity index (χ4v) is 4.25. The standard InChI is InChI=1S/C18H18Cl2N4O2S2/c1-2-28(25,26)21-11-17-22-23-18(27-12-13-6-4-3-5-7-13)24(17)16-10-14(19)8-9-15(16)20/h3-10,21H,2,11-12H2,1H3. The Morgan fingerprint density at radius 2 is 1.86 bits per heavy atom. The fourth-order valence-electron chi connectivity index (χ4n) is 2.41. The van der Waals surface area contributed by atoms with E-state index in [2.05, 4.69) is 14.9 Å². The van der Waals surface area contributed by atoms with Crippen molar-refractivity contribution >= 4 is 45.0 Å². The quantitative estimate of drug-likeness (QED) is 0.511. The van der Waals surface area contributed by atoms with Crippen LogP contribution in [0.25, 0.3) is 5.69 Å². The summed E-state index contributed by atoms with van der Waals surface area (Å²) in [6.07, 6.45) is 0. The Bertz CT molecular complexity index is 1060. The normalized spacial score (nSPS) is 11.7. The van der Waals surface area contributed by atoms with E-state index in [1.807, 2.05) is 30.3 Å². The van der Waals surface area contributed by atoms with Gasteiger partial charge in [-0.05, 0) is 30.7 Å². The van der Waals surface area contributed by atoms with E-state index in [1.165, 1.54) is 11.8 Å². The van der Waals surface area contributed by atoms with Crippen LogP contribution in [-0.2, 0) is 22.3 Å². The lowest BCUT2D eigenvalue weighted by atomic mass is 10.2. The van der Waals surface area contributed by atoms with Gasteiger partial charge >= 0.3 is 0 Å². The molecule has 0 bridgehead atoms. The summed E-state index contributed by atoms with van der Waals surface area (Å²) in [5, 5.41) is 9.99. The average molecular weight is 457 g/mol. The van der Waals surface area contributed by atoms with Gasteiger partial charge in [-0.25, -0.2) is 13.1 Å². The van der Waals surface area contributed by atoms with E-state index in [0.717, 1.165) is 5.56 Å². The molecule has 2 aromatic carbocycles. The predicted octanol–water partition coefficient (Wildman–Crippen LogP) is 4.31. The third-order valence-corrected chi connectivity index (χ3v) is 6.79. The van der Waals surface area contributed by atoms with Gasteiger partial charge in [-0.1, -0.05) is 65.3 Å². The third kappa shape index (κ3) is 5.27.